The van der Waals surface area contributed by atoms with Crippen LogP contribution in [0, 0.1) is 0 Å². The van der Waals surface area contributed by atoms with Gasteiger partial charge in [-0.05, 0) is 12.1 Å². The molecule has 0 saturated carbocycles. The molecule has 0 aliphatic carbocycles. The Morgan fingerprint density at radius 3 is 2.20 bits per heavy atom. The maximum Gasteiger partial charge on any atom is 0.539 e. The van der Waals surface area contributed by atoms with Gasteiger partial charge in [-0.3, -0.25) is 0 Å². The highest BCUT2D eigenvalue weighted by molar-refractivity contribution is 6.49. The Balaban J connectivity index is 2.59. The SMILES string of the molecule is [CH3][Al]([CH3])[O]c1ccccc1. The predicted molar refractivity (Wildman–Crippen MR) is 44.6 cm³/mol. The lowest BCUT2D eigenvalue weighted by atomic mass is 10.3. The van der Waals surface area contributed by atoms with Crippen molar-refractivity contribution in [2.45, 2.75) is 11.6 Å². The van der Waals surface area contributed by atoms with Crippen LogP contribution in [-0.4, -0.2) is 14.5 Å². The van der Waals surface area contributed by atoms with Crippen molar-refractivity contribution in [3.05, 3.63) is 30.3 Å². The van der Waals surface area contributed by atoms with E-state index in [9.17, 15) is 0 Å². The highest BCUT2D eigenvalue weighted by atomic mass is 27.2. The number of hydrogen-bond donors (Lipinski definition) is 0. The largest absolute Gasteiger partial charge is 0.643 e. The summed E-state index contributed by atoms with van der Waals surface area (Å²) in [6, 6.07) is 9.97. The van der Waals surface area contributed by atoms with Crippen molar-refractivity contribution in [3.8, 4) is 5.75 Å². The van der Waals surface area contributed by atoms with E-state index >= 15 is 0 Å². The fourth-order valence-corrected chi connectivity index (χ4v) is 1.47. The molecule has 0 aliphatic rings. The van der Waals surface area contributed by atoms with E-state index in [-0.39, 0.29) is 0 Å². The fourth-order valence-electron chi connectivity index (χ4n) is 0.771. The van der Waals surface area contributed by atoms with Gasteiger partial charge in [0.2, 0.25) is 0 Å². The van der Waals surface area contributed by atoms with E-state index < -0.39 is 14.5 Å². The molecule has 0 unspecified atom stereocenters. The molecule has 0 fully saturated rings. The van der Waals surface area contributed by atoms with Gasteiger partial charge in [0.05, 0.1) is 5.75 Å². The van der Waals surface area contributed by atoms with Gasteiger partial charge in [-0.2, -0.15) is 0 Å². The van der Waals surface area contributed by atoms with Crippen molar-refractivity contribution in [3.63, 3.8) is 0 Å². The zero-order chi connectivity index (χ0) is 7.40. The molecule has 0 bridgehead atoms. The number of benzene rings is 1. The summed E-state index contributed by atoms with van der Waals surface area (Å²) in [6.07, 6.45) is 0. The molecule has 1 aromatic rings. The van der Waals surface area contributed by atoms with Gasteiger partial charge < -0.3 is 3.79 Å². The second-order valence-corrected chi connectivity index (χ2v) is 4.81. The Morgan fingerprint density at radius 1 is 1.10 bits per heavy atom. The fraction of sp³-hybridized carbons (Fsp3) is 0.250. The van der Waals surface area contributed by atoms with E-state index in [1.54, 1.807) is 0 Å². The van der Waals surface area contributed by atoms with E-state index in [4.69, 9.17) is 3.79 Å². The summed E-state index contributed by atoms with van der Waals surface area (Å²) in [5, 5.41) is 0. The Kier molecular flexibility index (Phi) is 2.80. The highest BCUT2D eigenvalue weighted by Gasteiger charge is 2.05. The molecule has 0 aromatic heterocycles. The van der Waals surface area contributed by atoms with Gasteiger partial charge in [0.15, 0.2) is 0 Å². The summed E-state index contributed by atoms with van der Waals surface area (Å²) in [6.45, 7) is 0. The first-order valence-corrected chi connectivity index (χ1v) is 6.29. The molecule has 0 heterocycles. The van der Waals surface area contributed by atoms with Crippen LogP contribution in [-0.2, 0) is 0 Å². The van der Waals surface area contributed by atoms with Crippen molar-refractivity contribution in [2.75, 3.05) is 0 Å². The van der Waals surface area contributed by atoms with Gasteiger partial charge in [0, 0.05) is 0 Å². The smallest absolute Gasteiger partial charge is 0.539 e. The molecule has 1 nitrogen and oxygen atoms in total. The molecule has 10 heavy (non-hydrogen) atoms. The van der Waals surface area contributed by atoms with Gasteiger partial charge in [0.1, 0.15) is 0 Å². The van der Waals surface area contributed by atoms with Gasteiger partial charge in [0.25, 0.3) is 0 Å². The van der Waals surface area contributed by atoms with Crippen molar-refractivity contribution in [1.29, 1.82) is 0 Å². The zero-order valence-corrected chi connectivity index (χ0v) is 7.53. The van der Waals surface area contributed by atoms with Crippen LogP contribution < -0.4 is 3.79 Å². The summed E-state index contributed by atoms with van der Waals surface area (Å²) in [5.41, 5.74) is 0. The van der Waals surface area contributed by atoms with Crippen LogP contribution in [0.1, 0.15) is 0 Å². The highest BCUT2D eigenvalue weighted by Crippen LogP contribution is 2.08. The molecule has 0 spiro atoms. The summed E-state index contributed by atoms with van der Waals surface area (Å²) >= 11 is -0.897. The topological polar surface area (TPSA) is 9.23 Å². The molecule has 0 N–H and O–H groups in total. The van der Waals surface area contributed by atoms with Gasteiger partial charge in [-0.25, -0.2) is 0 Å². The zero-order valence-electron chi connectivity index (χ0n) is 6.37. The maximum atomic E-state index is 5.55. The molecule has 0 atom stereocenters. The summed E-state index contributed by atoms with van der Waals surface area (Å²) in [4.78, 5) is 0. The number of hydrogen-bond acceptors (Lipinski definition) is 1. The molecule has 0 radical (unpaired) electrons. The first-order chi connectivity index (χ1) is 4.79. The molecule has 1 aromatic carbocycles. The Bertz CT molecular complexity index is 184. The minimum Gasteiger partial charge on any atom is -0.643 e. The third-order valence-corrected chi connectivity index (χ3v) is 1.86. The Labute approximate surface area is 66.4 Å². The lowest BCUT2D eigenvalue weighted by molar-refractivity contribution is 0.581. The van der Waals surface area contributed by atoms with E-state index in [1.807, 2.05) is 30.3 Å². The summed E-state index contributed by atoms with van der Waals surface area (Å²) in [5.74, 6) is 5.32. The first-order valence-electron chi connectivity index (χ1n) is 3.51. The van der Waals surface area contributed by atoms with Crippen molar-refractivity contribution >= 4 is 14.5 Å². The maximum absolute atomic E-state index is 5.55. The second-order valence-electron chi connectivity index (χ2n) is 2.48. The van der Waals surface area contributed by atoms with E-state index in [2.05, 4.69) is 11.6 Å². The Hall–Kier alpha value is -0.448. The predicted octanol–water partition coefficient (Wildman–Crippen LogP) is 2.32. The van der Waals surface area contributed by atoms with Crippen LogP contribution in [0.15, 0.2) is 30.3 Å². The molecule has 0 aliphatic heterocycles. The van der Waals surface area contributed by atoms with Crippen molar-refractivity contribution in [2.24, 2.45) is 0 Å². The normalized spacial score (nSPS) is 9.00. The van der Waals surface area contributed by atoms with Crippen molar-refractivity contribution < 1.29 is 3.79 Å². The number of para-hydroxylation sites is 1. The van der Waals surface area contributed by atoms with E-state index in [0.717, 1.165) is 5.75 Å². The number of rotatable bonds is 2. The minimum atomic E-state index is -0.897. The van der Waals surface area contributed by atoms with Crippen LogP contribution in [0.3, 0.4) is 0 Å². The molecular weight excluding hydrogens is 139 g/mol. The third kappa shape index (κ3) is 2.43. The van der Waals surface area contributed by atoms with Gasteiger partial charge >= 0.3 is 14.5 Å². The molecule has 0 amide bonds. The molecule has 52 valence electrons. The van der Waals surface area contributed by atoms with Crippen LogP contribution in [0.25, 0.3) is 0 Å². The van der Waals surface area contributed by atoms with Crippen LogP contribution in [0.2, 0.25) is 11.6 Å². The van der Waals surface area contributed by atoms with Crippen molar-refractivity contribution in [1.82, 2.24) is 0 Å². The third-order valence-electron chi connectivity index (χ3n) is 1.11. The van der Waals surface area contributed by atoms with Gasteiger partial charge in [-0.15, -0.1) is 0 Å². The van der Waals surface area contributed by atoms with Gasteiger partial charge in [-0.1, -0.05) is 29.8 Å². The molecular formula is C8H11AlO. The molecule has 0 saturated heterocycles. The van der Waals surface area contributed by atoms with Crippen LogP contribution in [0.4, 0.5) is 0 Å². The van der Waals surface area contributed by atoms with E-state index in [0.29, 0.717) is 0 Å². The summed E-state index contributed by atoms with van der Waals surface area (Å²) in [7, 11) is 0. The lowest BCUT2D eigenvalue weighted by Crippen LogP contribution is -2.10. The summed E-state index contributed by atoms with van der Waals surface area (Å²) < 4.78 is 5.55. The lowest BCUT2D eigenvalue weighted by Gasteiger charge is -2.06. The second kappa shape index (κ2) is 3.66. The molecule has 1 rings (SSSR count). The Morgan fingerprint density at radius 2 is 1.70 bits per heavy atom. The monoisotopic (exact) mass is 150 g/mol. The van der Waals surface area contributed by atoms with Crippen LogP contribution in [0.5, 0.6) is 5.75 Å². The standard InChI is InChI=1S/C6H6O.2CH3.Al/c7-6-4-2-1-3-5-6;;;/h1-5,7H;2*1H3;/q;;;+1/p-1. The minimum absolute atomic E-state index is 0.897. The quantitative estimate of drug-likeness (QED) is 0.588. The van der Waals surface area contributed by atoms with E-state index in [1.165, 1.54) is 0 Å². The average Bonchev–Trinajstić information content (AvgIpc) is 1.88. The average molecular weight is 150 g/mol. The molecule has 2 heteroatoms. The first kappa shape index (κ1) is 7.66. The van der Waals surface area contributed by atoms with Crippen LogP contribution >= 0.6 is 0 Å².